The van der Waals surface area contributed by atoms with E-state index < -0.39 is 0 Å². The first-order valence-corrected chi connectivity index (χ1v) is 6.91. The van der Waals surface area contributed by atoms with Gasteiger partial charge in [-0.05, 0) is 18.1 Å². The van der Waals surface area contributed by atoms with Gasteiger partial charge in [-0.1, -0.05) is 13.0 Å². The SMILES string of the molecule is CCc1cccnc1CNc1nc(NC)nc(N(C)C)n1. The number of hydrogen-bond acceptors (Lipinski definition) is 7. The molecule has 0 aliphatic rings. The van der Waals surface area contributed by atoms with Crippen molar-refractivity contribution in [2.45, 2.75) is 19.9 Å². The lowest BCUT2D eigenvalue weighted by Gasteiger charge is -2.13. The number of rotatable bonds is 6. The van der Waals surface area contributed by atoms with Gasteiger partial charge in [0.1, 0.15) is 0 Å². The maximum Gasteiger partial charge on any atom is 0.231 e. The molecule has 0 radical (unpaired) electrons. The summed E-state index contributed by atoms with van der Waals surface area (Å²) in [6.45, 7) is 2.71. The van der Waals surface area contributed by atoms with Crippen molar-refractivity contribution in [2.24, 2.45) is 0 Å². The predicted molar refractivity (Wildman–Crippen MR) is 84.6 cm³/mol. The van der Waals surface area contributed by atoms with Crippen LogP contribution < -0.4 is 15.5 Å². The summed E-state index contributed by atoms with van der Waals surface area (Å²) < 4.78 is 0. The van der Waals surface area contributed by atoms with Crippen molar-refractivity contribution in [2.75, 3.05) is 36.7 Å². The van der Waals surface area contributed by atoms with Crippen LogP contribution in [0.25, 0.3) is 0 Å². The molecule has 21 heavy (non-hydrogen) atoms. The molecule has 0 aliphatic carbocycles. The van der Waals surface area contributed by atoms with Gasteiger partial charge in [-0.15, -0.1) is 0 Å². The summed E-state index contributed by atoms with van der Waals surface area (Å²) in [5, 5.41) is 6.15. The molecule has 0 aromatic carbocycles. The zero-order chi connectivity index (χ0) is 15.2. The normalized spacial score (nSPS) is 10.3. The van der Waals surface area contributed by atoms with Crippen LogP contribution in [0.1, 0.15) is 18.2 Å². The third kappa shape index (κ3) is 3.77. The summed E-state index contributed by atoms with van der Waals surface area (Å²) >= 11 is 0. The van der Waals surface area contributed by atoms with E-state index in [1.165, 1.54) is 5.56 Å². The molecule has 0 spiro atoms. The molecule has 7 nitrogen and oxygen atoms in total. The molecule has 0 saturated carbocycles. The second-order valence-corrected chi connectivity index (χ2v) is 4.74. The summed E-state index contributed by atoms with van der Waals surface area (Å²) in [6.07, 6.45) is 2.75. The Bertz CT molecular complexity index is 598. The van der Waals surface area contributed by atoms with E-state index in [-0.39, 0.29) is 0 Å². The van der Waals surface area contributed by atoms with Gasteiger partial charge >= 0.3 is 0 Å². The Morgan fingerprint density at radius 3 is 2.57 bits per heavy atom. The minimum atomic E-state index is 0.533. The van der Waals surface area contributed by atoms with E-state index in [1.54, 1.807) is 13.2 Å². The Morgan fingerprint density at radius 2 is 1.90 bits per heavy atom. The minimum absolute atomic E-state index is 0.533. The highest BCUT2D eigenvalue weighted by molar-refractivity contribution is 5.43. The van der Waals surface area contributed by atoms with Crippen LogP contribution >= 0.6 is 0 Å². The molecule has 2 aromatic heterocycles. The lowest BCUT2D eigenvalue weighted by molar-refractivity contribution is 0.920. The van der Waals surface area contributed by atoms with Crippen molar-refractivity contribution in [3.8, 4) is 0 Å². The Hall–Kier alpha value is -2.44. The summed E-state index contributed by atoms with van der Waals surface area (Å²) in [7, 11) is 5.57. The molecule has 0 fully saturated rings. The van der Waals surface area contributed by atoms with Crippen molar-refractivity contribution in [3.05, 3.63) is 29.6 Å². The smallest absolute Gasteiger partial charge is 0.231 e. The lowest BCUT2D eigenvalue weighted by atomic mass is 10.1. The Morgan fingerprint density at radius 1 is 1.14 bits per heavy atom. The van der Waals surface area contributed by atoms with Gasteiger partial charge in [-0.2, -0.15) is 15.0 Å². The first-order valence-electron chi connectivity index (χ1n) is 6.91. The van der Waals surface area contributed by atoms with Crippen LogP contribution in [0.15, 0.2) is 18.3 Å². The molecular weight excluding hydrogens is 266 g/mol. The molecule has 0 saturated heterocycles. The van der Waals surface area contributed by atoms with E-state index in [0.717, 1.165) is 12.1 Å². The van der Waals surface area contributed by atoms with Crippen molar-refractivity contribution >= 4 is 17.8 Å². The van der Waals surface area contributed by atoms with Crippen LogP contribution in [-0.4, -0.2) is 41.1 Å². The quantitative estimate of drug-likeness (QED) is 0.834. The molecular formula is C14H21N7. The second kappa shape index (κ2) is 6.83. The molecule has 0 unspecified atom stereocenters. The van der Waals surface area contributed by atoms with Crippen molar-refractivity contribution in [1.29, 1.82) is 0 Å². The fourth-order valence-corrected chi connectivity index (χ4v) is 1.87. The van der Waals surface area contributed by atoms with E-state index in [9.17, 15) is 0 Å². The number of hydrogen-bond donors (Lipinski definition) is 2. The maximum atomic E-state index is 4.40. The number of pyridine rings is 1. The summed E-state index contributed by atoms with van der Waals surface area (Å²) in [4.78, 5) is 19.2. The van der Waals surface area contributed by atoms with Gasteiger partial charge < -0.3 is 15.5 Å². The van der Waals surface area contributed by atoms with E-state index in [1.807, 2.05) is 25.1 Å². The van der Waals surface area contributed by atoms with Crippen LogP contribution in [-0.2, 0) is 13.0 Å². The highest BCUT2D eigenvalue weighted by atomic mass is 15.3. The fraction of sp³-hybridized carbons (Fsp3) is 0.429. The highest BCUT2D eigenvalue weighted by Gasteiger charge is 2.08. The van der Waals surface area contributed by atoms with E-state index in [0.29, 0.717) is 24.4 Å². The molecule has 2 rings (SSSR count). The molecule has 0 bridgehead atoms. The van der Waals surface area contributed by atoms with Crippen molar-refractivity contribution in [3.63, 3.8) is 0 Å². The van der Waals surface area contributed by atoms with Crippen molar-refractivity contribution < 1.29 is 0 Å². The molecule has 2 aromatic rings. The molecule has 2 heterocycles. The Labute approximate surface area is 124 Å². The molecule has 0 amide bonds. The predicted octanol–water partition coefficient (Wildman–Crippen LogP) is 1.55. The van der Waals surface area contributed by atoms with Crippen LogP contribution in [0.4, 0.5) is 17.8 Å². The lowest BCUT2D eigenvalue weighted by Crippen LogP contribution is -2.16. The fourth-order valence-electron chi connectivity index (χ4n) is 1.87. The van der Waals surface area contributed by atoms with Crippen molar-refractivity contribution in [1.82, 2.24) is 19.9 Å². The third-order valence-electron chi connectivity index (χ3n) is 3.03. The van der Waals surface area contributed by atoms with E-state index in [2.05, 4.69) is 43.6 Å². The number of aryl methyl sites for hydroxylation is 1. The first kappa shape index (κ1) is 15.0. The number of aromatic nitrogens is 4. The number of anilines is 3. The molecule has 0 atom stereocenters. The monoisotopic (exact) mass is 287 g/mol. The molecule has 112 valence electrons. The number of nitrogens with zero attached hydrogens (tertiary/aromatic N) is 5. The molecule has 0 aliphatic heterocycles. The van der Waals surface area contributed by atoms with Crippen LogP contribution in [0.3, 0.4) is 0 Å². The minimum Gasteiger partial charge on any atom is -0.357 e. The standard InChI is InChI=1S/C14H21N7/c1-5-10-7-6-8-16-11(10)9-17-13-18-12(15-2)19-14(20-13)21(3)4/h6-8H,5,9H2,1-4H3,(H2,15,17,18,19,20). The summed E-state index contributed by atoms with van der Waals surface area (Å²) in [5.74, 6) is 1.67. The van der Waals surface area contributed by atoms with Gasteiger partial charge in [0.25, 0.3) is 0 Å². The Balaban J connectivity index is 2.17. The highest BCUT2D eigenvalue weighted by Crippen LogP contribution is 2.13. The summed E-state index contributed by atoms with van der Waals surface area (Å²) in [6, 6.07) is 4.04. The average Bonchev–Trinajstić information content (AvgIpc) is 2.52. The second-order valence-electron chi connectivity index (χ2n) is 4.74. The maximum absolute atomic E-state index is 4.40. The first-order chi connectivity index (χ1) is 10.1. The van der Waals surface area contributed by atoms with Gasteiger partial charge in [0.05, 0.1) is 12.2 Å². The van der Waals surface area contributed by atoms with Gasteiger partial charge in [-0.25, -0.2) is 0 Å². The van der Waals surface area contributed by atoms with Gasteiger partial charge in [-0.3, -0.25) is 4.98 Å². The van der Waals surface area contributed by atoms with Gasteiger partial charge in [0.15, 0.2) is 0 Å². The topological polar surface area (TPSA) is 78.9 Å². The van der Waals surface area contributed by atoms with Gasteiger partial charge in [0, 0.05) is 27.3 Å². The number of nitrogens with one attached hydrogen (secondary N) is 2. The van der Waals surface area contributed by atoms with Crippen LogP contribution in [0, 0.1) is 0 Å². The van der Waals surface area contributed by atoms with E-state index in [4.69, 9.17) is 0 Å². The van der Waals surface area contributed by atoms with Gasteiger partial charge in [0.2, 0.25) is 17.8 Å². The molecule has 2 N–H and O–H groups in total. The zero-order valence-electron chi connectivity index (χ0n) is 12.9. The Kier molecular flexibility index (Phi) is 4.86. The third-order valence-corrected chi connectivity index (χ3v) is 3.03. The van der Waals surface area contributed by atoms with Crippen LogP contribution in [0.5, 0.6) is 0 Å². The average molecular weight is 287 g/mol. The van der Waals surface area contributed by atoms with E-state index >= 15 is 0 Å². The molecule has 7 heteroatoms. The summed E-state index contributed by atoms with van der Waals surface area (Å²) in [5.41, 5.74) is 2.23. The largest absolute Gasteiger partial charge is 0.357 e. The van der Waals surface area contributed by atoms with Crippen LogP contribution in [0.2, 0.25) is 0 Å². The zero-order valence-corrected chi connectivity index (χ0v) is 12.9.